The molecule has 5 nitrogen and oxygen atoms in total. The quantitative estimate of drug-likeness (QED) is 0.765. The van der Waals surface area contributed by atoms with E-state index in [1.807, 2.05) is 0 Å². The minimum absolute atomic E-state index is 0.0174. The lowest BCUT2D eigenvalue weighted by atomic mass is 10.1. The monoisotopic (exact) mass is 263 g/mol. The molecule has 0 aromatic heterocycles. The van der Waals surface area contributed by atoms with E-state index >= 15 is 0 Å². The maximum Gasteiger partial charge on any atom is 0.303 e. The molecule has 1 unspecified atom stereocenters. The molecule has 0 saturated carbocycles. The van der Waals surface area contributed by atoms with Crippen LogP contribution in [0, 0.1) is 5.92 Å². The van der Waals surface area contributed by atoms with Crippen LogP contribution in [0.15, 0.2) is 24.3 Å². The predicted octanol–water partition coefficient (Wildman–Crippen LogP) is 1.73. The van der Waals surface area contributed by atoms with Gasteiger partial charge in [-0.1, -0.05) is 19.1 Å². The van der Waals surface area contributed by atoms with E-state index in [2.05, 4.69) is 5.32 Å². The third kappa shape index (κ3) is 4.91. The zero-order chi connectivity index (χ0) is 14.4. The fourth-order valence-corrected chi connectivity index (χ4v) is 1.60. The number of carbonyl (C=O) groups excluding carboxylic acids is 2. The number of carboxylic acids is 1. The van der Waals surface area contributed by atoms with Crippen LogP contribution in [0.5, 0.6) is 0 Å². The van der Waals surface area contributed by atoms with Crippen LogP contribution in [-0.4, -0.2) is 29.3 Å². The minimum Gasteiger partial charge on any atom is -0.481 e. The molecular formula is C14H17NO4. The van der Waals surface area contributed by atoms with Gasteiger partial charge >= 0.3 is 5.97 Å². The van der Waals surface area contributed by atoms with Crippen LogP contribution in [0.3, 0.4) is 0 Å². The average molecular weight is 263 g/mol. The zero-order valence-corrected chi connectivity index (χ0v) is 11.0. The number of amides is 1. The van der Waals surface area contributed by atoms with Gasteiger partial charge in [-0.2, -0.15) is 0 Å². The van der Waals surface area contributed by atoms with Gasteiger partial charge in [-0.05, 0) is 25.0 Å². The average Bonchev–Trinajstić information content (AvgIpc) is 2.35. The molecule has 1 amide bonds. The van der Waals surface area contributed by atoms with Gasteiger partial charge in [0, 0.05) is 24.1 Å². The number of hydrogen-bond acceptors (Lipinski definition) is 3. The molecule has 1 aromatic carbocycles. The van der Waals surface area contributed by atoms with Crippen molar-refractivity contribution in [3.63, 3.8) is 0 Å². The highest BCUT2D eigenvalue weighted by atomic mass is 16.4. The molecule has 5 heteroatoms. The molecule has 0 radical (unpaired) electrons. The van der Waals surface area contributed by atoms with Crippen LogP contribution >= 0.6 is 0 Å². The number of ketones is 1. The third-order valence-electron chi connectivity index (χ3n) is 2.69. The molecule has 0 aliphatic heterocycles. The molecule has 102 valence electrons. The standard InChI is InChI=1S/C14H17NO4/c1-9(7-13(17)18)8-15-14(19)12-5-3-11(4-6-12)10(2)16/h3-6,9H,7-8H2,1-2H3,(H,15,19)(H,17,18). The smallest absolute Gasteiger partial charge is 0.303 e. The second kappa shape index (κ2) is 6.68. The van der Waals surface area contributed by atoms with E-state index in [0.717, 1.165) is 0 Å². The molecule has 0 spiro atoms. The van der Waals surface area contributed by atoms with E-state index < -0.39 is 5.97 Å². The maximum absolute atomic E-state index is 11.8. The first-order valence-electron chi connectivity index (χ1n) is 6.01. The molecule has 0 heterocycles. The highest BCUT2D eigenvalue weighted by Crippen LogP contribution is 2.06. The molecule has 1 aromatic rings. The molecule has 0 bridgehead atoms. The summed E-state index contributed by atoms with van der Waals surface area (Å²) in [5, 5.41) is 11.3. The number of aliphatic carboxylic acids is 1. The topological polar surface area (TPSA) is 83.5 Å². The summed E-state index contributed by atoms with van der Waals surface area (Å²) >= 11 is 0. The number of rotatable bonds is 6. The van der Waals surface area contributed by atoms with Gasteiger partial charge in [0.1, 0.15) is 0 Å². The molecular weight excluding hydrogens is 246 g/mol. The van der Waals surface area contributed by atoms with Crippen molar-refractivity contribution in [2.75, 3.05) is 6.54 Å². The van der Waals surface area contributed by atoms with Gasteiger partial charge in [0.15, 0.2) is 5.78 Å². The van der Waals surface area contributed by atoms with Crippen molar-refractivity contribution in [3.8, 4) is 0 Å². The van der Waals surface area contributed by atoms with Gasteiger partial charge < -0.3 is 10.4 Å². The van der Waals surface area contributed by atoms with Crippen molar-refractivity contribution < 1.29 is 19.5 Å². The highest BCUT2D eigenvalue weighted by Gasteiger charge is 2.11. The second-order valence-corrected chi connectivity index (χ2v) is 4.55. The summed E-state index contributed by atoms with van der Waals surface area (Å²) < 4.78 is 0. The lowest BCUT2D eigenvalue weighted by molar-refractivity contribution is -0.137. The van der Waals surface area contributed by atoms with Crippen LogP contribution in [0.4, 0.5) is 0 Å². The number of hydrogen-bond donors (Lipinski definition) is 2. The molecule has 2 N–H and O–H groups in total. The number of carboxylic acid groups (broad SMARTS) is 1. The fourth-order valence-electron chi connectivity index (χ4n) is 1.60. The molecule has 1 rings (SSSR count). The van der Waals surface area contributed by atoms with Crippen molar-refractivity contribution in [2.24, 2.45) is 5.92 Å². The Kier molecular flexibility index (Phi) is 5.23. The Bertz CT molecular complexity index is 479. The fraction of sp³-hybridized carbons (Fsp3) is 0.357. The van der Waals surface area contributed by atoms with E-state index in [-0.39, 0.29) is 24.0 Å². The first-order chi connectivity index (χ1) is 8.90. The lowest BCUT2D eigenvalue weighted by Crippen LogP contribution is -2.29. The highest BCUT2D eigenvalue weighted by molar-refractivity contribution is 5.97. The molecule has 0 fully saturated rings. The Hall–Kier alpha value is -2.17. The van der Waals surface area contributed by atoms with E-state index in [4.69, 9.17) is 5.11 Å². The number of benzene rings is 1. The van der Waals surface area contributed by atoms with Crippen molar-refractivity contribution in [2.45, 2.75) is 20.3 Å². The van der Waals surface area contributed by atoms with Crippen LogP contribution < -0.4 is 5.32 Å². The normalized spacial score (nSPS) is 11.7. The Morgan fingerprint density at radius 3 is 2.16 bits per heavy atom. The zero-order valence-electron chi connectivity index (χ0n) is 11.0. The number of Topliss-reactive ketones (excluding diaryl/α,β-unsaturated/α-hetero) is 1. The van der Waals surface area contributed by atoms with Crippen LogP contribution in [0.2, 0.25) is 0 Å². The minimum atomic E-state index is -0.882. The van der Waals surface area contributed by atoms with Crippen LogP contribution in [0.25, 0.3) is 0 Å². The number of carbonyl (C=O) groups is 3. The molecule has 19 heavy (non-hydrogen) atoms. The van der Waals surface area contributed by atoms with E-state index in [1.165, 1.54) is 6.92 Å². The van der Waals surface area contributed by atoms with Gasteiger partial charge in [-0.3, -0.25) is 14.4 Å². The molecule has 0 aliphatic rings. The van der Waals surface area contributed by atoms with Crippen LogP contribution in [0.1, 0.15) is 41.0 Å². The van der Waals surface area contributed by atoms with E-state index in [0.29, 0.717) is 17.7 Å². The van der Waals surface area contributed by atoms with E-state index in [1.54, 1.807) is 31.2 Å². The lowest BCUT2D eigenvalue weighted by Gasteiger charge is -2.10. The summed E-state index contributed by atoms with van der Waals surface area (Å²) in [4.78, 5) is 33.3. The maximum atomic E-state index is 11.8. The van der Waals surface area contributed by atoms with Gasteiger partial charge in [0.25, 0.3) is 5.91 Å². The van der Waals surface area contributed by atoms with Crippen molar-refractivity contribution in [1.29, 1.82) is 0 Å². The largest absolute Gasteiger partial charge is 0.481 e. The van der Waals surface area contributed by atoms with Crippen molar-refractivity contribution in [1.82, 2.24) is 5.32 Å². The molecule has 1 atom stereocenters. The first kappa shape index (κ1) is 14.9. The van der Waals surface area contributed by atoms with Gasteiger partial charge in [0.05, 0.1) is 0 Å². The summed E-state index contributed by atoms with van der Waals surface area (Å²) in [7, 11) is 0. The molecule has 0 aliphatic carbocycles. The Morgan fingerprint density at radius 1 is 1.16 bits per heavy atom. The summed E-state index contributed by atoms with van der Waals surface area (Å²) in [6, 6.07) is 6.34. The summed E-state index contributed by atoms with van der Waals surface area (Å²) in [5.41, 5.74) is 1.00. The predicted molar refractivity (Wildman–Crippen MR) is 70.2 cm³/mol. The Labute approximate surface area is 111 Å². The SMILES string of the molecule is CC(=O)c1ccc(C(=O)NCC(C)CC(=O)O)cc1. The summed E-state index contributed by atoms with van der Waals surface area (Å²) in [6.07, 6.45) is 0.0174. The third-order valence-corrected chi connectivity index (χ3v) is 2.69. The van der Waals surface area contributed by atoms with Crippen molar-refractivity contribution >= 4 is 17.7 Å². The Morgan fingerprint density at radius 2 is 1.68 bits per heavy atom. The Balaban J connectivity index is 2.54. The first-order valence-corrected chi connectivity index (χ1v) is 6.01. The van der Waals surface area contributed by atoms with Crippen molar-refractivity contribution in [3.05, 3.63) is 35.4 Å². The van der Waals surface area contributed by atoms with Gasteiger partial charge in [0.2, 0.25) is 0 Å². The molecule has 0 saturated heterocycles. The van der Waals surface area contributed by atoms with E-state index in [9.17, 15) is 14.4 Å². The van der Waals surface area contributed by atoms with Gasteiger partial charge in [-0.25, -0.2) is 0 Å². The van der Waals surface area contributed by atoms with Gasteiger partial charge in [-0.15, -0.1) is 0 Å². The number of nitrogens with one attached hydrogen (secondary N) is 1. The second-order valence-electron chi connectivity index (χ2n) is 4.55. The van der Waals surface area contributed by atoms with Crippen LogP contribution in [-0.2, 0) is 4.79 Å². The summed E-state index contributed by atoms with van der Waals surface area (Å²) in [5.74, 6) is -1.33. The summed E-state index contributed by atoms with van der Waals surface area (Å²) in [6.45, 7) is 3.52.